The summed E-state index contributed by atoms with van der Waals surface area (Å²) in [7, 11) is -3.38. The average Bonchev–Trinajstić information content (AvgIpc) is 2.29. The molecule has 0 saturated carbocycles. The number of benzene rings is 1. The molecule has 0 aromatic heterocycles. The molecule has 1 aromatic carbocycles. The van der Waals surface area contributed by atoms with E-state index < -0.39 is 10.2 Å². The predicted molar refractivity (Wildman–Crippen MR) is 69.5 cm³/mol. The Morgan fingerprint density at radius 2 is 1.71 bits per heavy atom. The van der Waals surface area contributed by atoms with Gasteiger partial charge in [0.15, 0.2) is 0 Å². The highest BCUT2D eigenvalue weighted by atomic mass is 32.2. The Kier molecular flexibility index (Phi) is 4.92. The minimum absolute atomic E-state index is 0.277. The second-order valence-corrected chi connectivity index (χ2v) is 5.41. The summed E-state index contributed by atoms with van der Waals surface area (Å²) < 4.78 is 27.6. The van der Waals surface area contributed by atoms with Crippen molar-refractivity contribution in [3.8, 4) is 0 Å². The lowest BCUT2D eigenvalue weighted by atomic mass is 10.2. The molecule has 0 heterocycles. The highest BCUT2D eigenvalue weighted by Gasteiger charge is 2.17. The molecule has 0 unspecified atom stereocenters. The van der Waals surface area contributed by atoms with Gasteiger partial charge in [0.1, 0.15) is 0 Å². The number of nitrogens with two attached hydrogens (primary N) is 1. The van der Waals surface area contributed by atoms with E-state index in [2.05, 4.69) is 4.72 Å². The largest absolute Gasteiger partial charge is 0.399 e. The van der Waals surface area contributed by atoms with Crippen LogP contribution < -0.4 is 10.5 Å². The van der Waals surface area contributed by atoms with Gasteiger partial charge in [0.05, 0.1) is 0 Å². The summed E-state index contributed by atoms with van der Waals surface area (Å²) in [6.45, 7) is 4.83. The van der Waals surface area contributed by atoms with Crippen LogP contribution in [0.25, 0.3) is 0 Å². The fraction of sp³-hybridized carbons (Fsp3) is 0.455. The molecule has 0 aliphatic carbocycles. The summed E-state index contributed by atoms with van der Waals surface area (Å²) in [5.74, 6) is 0. The van der Waals surface area contributed by atoms with Crippen LogP contribution in [0.15, 0.2) is 24.3 Å². The fourth-order valence-corrected chi connectivity index (χ4v) is 2.68. The molecule has 0 atom stereocenters. The van der Waals surface area contributed by atoms with Crippen LogP contribution in [0, 0.1) is 0 Å². The lowest BCUT2D eigenvalue weighted by Crippen LogP contribution is -2.40. The number of anilines is 1. The third kappa shape index (κ3) is 3.99. The Labute approximate surface area is 103 Å². The summed E-state index contributed by atoms with van der Waals surface area (Å²) in [6, 6.07) is 7.11. The second kappa shape index (κ2) is 6.00. The van der Waals surface area contributed by atoms with Crippen molar-refractivity contribution in [3.63, 3.8) is 0 Å². The Bertz CT molecular complexity index is 438. The highest BCUT2D eigenvalue weighted by molar-refractivity contribution is 7.87. The molecule has 1 rings (SSSR count). The van der Waals surface area contributed by atoms with E-state index in [4.69, 9.17) is 5.73 Å². The molecule has 0 aliphatic heterocycles. The molecule has 0 saturated heterocycles. The molecule has 5 nitrogen and oxygen atoms in total. The Morgan fingerprint density at radius 1 is 1.18 bits per heavy atom. The van der Waals surface area contributed by atoms with Crippen LogP contribution in [0.4, 0.5) is 5.69 Å². The van der Waals surface area contributed by atoms with Crippen LogP contribution in [-0.4, -0.2) is 25.8 Å². The maximum atomic E-state index is 11.8. The van der Waals surface area contributed by atoms with E-state index in [9.17, 15) is 8.42 Å². The van der Waals surface area contributed by atoms with Crippen molar-refractivity contribution in [3.05, 3.63) is 29.8 Å². The third-order valence-electron chi connectivity index (χ3n) is 2.48. The molecule has 0 aliphatic rings. The van der Waals surface area contributed by atoms with Crippen LogP contribution >= 0.6 is 0 Å². The first-order chi connectivity index (χ1) is 7.99. The third-order valence-corrected chi connectivity index (χ3v) is 4.19. The molecule has 96 valence electrons. The Morgan fingerprint density at radius 3 is 2.18 bits per heavy atom. The monoisotopic (exact) mass is 257 g/mol. The number of nitrogens with zero attached hydrogens (tertiary/aromatic N) is 1. The van der Waals surface area contributed by atoms with E-state index in [0.29, 0.717) is 18.8 Å². The standard InChI is InChI=1S/C11H19N3O2S/c1-3-14(4-2)17(15,16)13-9-10-5-7-11(12)8-6-10/h5-8,13H,3-4,9,12H2,1-2H3. The van der Waals surface area contributed by atoms with Crippen LogP contribution in [0.1, 0.15) is 19.4 Å². The number of nitrogens with one attached hydrogen (secondary N) is 1. The van der Waals surface area contributed by atoms with Crippen molar-refractivity contribution in [2.75, 3.05) is 18.8 Å². The molecular weight excluding hydrogens is 238 g/mol. The summed E-state index contributed by atoms with van der Waals surface area (Å²) >= 11 is 0. The number of hydrogen-bond acceptors (Lipinski definition) is 3. The van der Waals surface area contributed by atoms with E-state index >= 15 is 0 Å². The Balaban J connectivity index is 2.64. The lowest BCUT2D eigenvalue weighted by Gasteiger charge is -2.18. The molecule has 0 radical (unpaired) electrons. The zero-order chi connectivity index (χ0) is 12.9. The summed E-state index contributed by atoms with van der Waals surface area (Å²) in [4.78, 5) is 0. The van der Waals surface area contributed by atoms with Crippen LogP contribution in [0.2, 0.25) is 0 Å². The van der Waals surface area contributed by atoms with Gasteiger partial charge in [-0.05, 0) is 17.7 Å². The quantitative estimate of drug-likeness (QED) is 0.745. The van der Waals surface area contributed by atoms with Crippen LogP contribution in [0.3, 0.4) is 0 Å². The number of rotatable bonds is 6. The first-order valence-electron chi connectivity index (χ1n) is 5.58. The first-order valence-corrected chi connectivity index (χ1v) is 7.02. The smallest absolute Gasteiger partial charge is 0.279 e. The van der Waals surface area contributed by atoms with Crippen molar-refractivity contribution in [1.29, 1.82) is 0 Å². The van der Waals surface area contributed by atoms with E-state index in [0.717, 1.165) is 5.56 Å². The number of nitrogen functional groups attached to an aromatic ring is 1. The van der Waals surface area contributed by atoms with Gasteiger partial charge in [-0.15, -0.1) is 0 Å². The van der Waals surface area contributed by atoms with E-state index in [1.54, 1.807) is 24.3 Å². The van der Waals surface area contributed by atoms with Gasteiger partial charge in [0, 0.05) is 25.3 Å². The van der Waals surface area contributed by atoms with Crippen LogP contribution in [-0.2, 0) is 16.8 Å². The molecule has 0 bridgehead atoms. The zero-order valence-corrected chi connectivity index (χ0v) is 11.0. The molecule has 17 heavy (non-hydrogen) atoms. The average molecular weight is 257 g/mol. The molecule has 3 N–H and O–H groups in total. The lowest BCUT2D eigenvalue weighted by molar-refractivity contribution is 0.434. The summed E-state index contributed by atoms with van der Waals surface area (Å²) in [5, 5.41) is 0. The summed E-state index contributed by atoms with van der Waals surface area (Å²) in [6.07, 6.45) is 0. The highest BCUT2D eigenvalue weighted by Crippen LogP contribution is 2.06. The van der Waals surface area contributed by atoms with E-state index in [-0.39, 0.29) is 6.54 Å². The van der Waals surface area contributed by atoms with E-state index in [1.807, 2.05) is 13.8 Å². The maximum absolute atomic E-state index is 11.8. The van der Waals surface area contributed by atoms with Gasteiger partial charge in [0.2, 0.25) is 0 Å². The Hall–Kier alpha value is -1.11. The van der Waals surface area contributed by atoms with Gasteiger partial charge < -0.3 is 5.73 Å². The van der Waals surface area contributed by atoms with Gasteiger partial charge in [-0.25, -0.2) is 0 Å². The van der Waals surface area contributed by atoms with E-state index in [1.165, 1.54) is 4.31 Å². The predicted octanol–water partition coefficient (Wildman–Crippen LogP) is 0.945. The van der Waals surface area contributed by atoms with Crippen LogP contribution in [0.5, 0.6) is 0 Å². The first kappa shape index (κ1) is 14.0. The molecular formula is C11H19N3O2S. The van der Waals surface area contributed by atoms with Crippen molar-refractivity contribution in [2.24, 2.45) is 0 Å². The van der Waals surface area contributed by atoms with Crippen molar-refractivity contribution >= 4 is 15.9 Å². The van der Waals surface area contributed by atoms with Gasteiger partial charge in [-0.3, -0.25) is 0 Å². The van der Waals surface area contributed by atoms with Gasteiger partial charge >= 0.3 is 0 Å². The topological polar surface area (TPSA) is 75.4 Å². The summed E-state index contributed by atoms with van der Waals surface area (Å²) in [5.41, 5.74) is 7.10. The van der Waals surface area contributed by atoms with Crippen molar-refractivity contribution in [1.82, 2.24) is 9.03 Å². The maximum Gasteiger partial charge on any atom is 0.279 e. The second-order valence-electron chi connectivity index (χ2n) is 3.65. The normalized spacial score (nSPS) is 11.9. The molecule has 0 spiro atoms. The minimum Gasteiger partial charge on any atom is -0.399 e. The molecule has 0 amide bonds. The van der Waals surface area contributed by atoms with Gasteiger partial charge in [-0.2, -0.15) is 17.4 Å². The molecule has 0 fully saturated rings. The van der Waals surface area contributed by atoms with Crippen molar-refractivity contribution in [2.45, 2.75) is 20.4 Å². The van der Waals surface area contributed by atoms with Gasteiger partial charge in [-0.1, -0.05) is 26.0 Å². The van der Waals surface area contributed by atoms with Gasteiger partial charge in [0.25, 0.3) is 10.2 Å². The fourth-order valence-electron chi connectivity index (χ4n) is 1.46. The number of hydrogen-bond donors (Lipinski definition) is 2. The molecule has 1 aromatic rings. The molecule has 6 heteroatoms. The van der Waals surface area contributed by atoms with Crippen molar-refractivity contribution < 1.29 is 8.42 Å². The SMILES string of the molecule is CCN(CC)S(=O)(=O)NCc1ccc(N)cc1. The zero-order valence-electron chi connectivity index (χ0n) is 10.2. The minimum atomic E-state index is -3.38.